The summed E-state index contributed by atoms with van der Waals surface area (Å²) in [7, 11) is -3.55. The SMILES string of the molecule is CCCCCS(=O)(=O)Oc1cccc(C(C)(C)C)c1C(C)(C)C. The van der Waals surface area contributed by atoms with E-state index in [2.05, 4.69) is 54.5 Å². The lowest BCUT2D eigenvalue weighted by atomic mass is 9.75. The Morgan fingerprint density at radius 1 is 0.957 bits per heavy atom. The zero-order chi connectivity index (χ0) is 17.9. The van der Waals surface area contributed by atoms with Gasteiger partial charge in [-0.05, 0) is 28.9 Å². The van der Waals surface area contributed by atoms with Gasteiger partial charge in [0.25, 0.3) is 0 Å². The first kappa shape index (κ1) is 20.0. The van der Waals surface area contributed by atoms with Crippen molar-refractivity contribution in [2.45, 2.75) is 78.6 Å². The van der Waals surface area contributed by atoms with E-state index in [9.17, 15) is 8.42 Å². The van der Waals surface area contributed by atoms with Crippen molar-refractivity contribution in [3.8, 4) is 5.75 Å². The van der Waals surface area contributed by atoms with E-state index < -0.39 is 10.1 Å². The van der Waals surface area contributed by atoms with Crippen molar-refractivity contribution in [2.24, 2.45) is 0 Å². The summed E-state index contributed by atoms with van der Waals surface area (Å²) in [6, 6.07) is 5.72. The van der Waals surface area contributed by atoms with Crippen molar-refractivity contribution in [1.82, 2.24) is 0 Å². The maximum Gasteiger partial charge on any atom is 0.309 e. The van der Waals surface area contributed by atoms with Gasteiger partial charge in [-0.2, -0.15) is 8.42 Å². The Balaban J connectivity index is 3.27. The van der Waals surface area contributed by atoms with Gasteiger partial charge in [-0.25, -0.2) is 0 Å². The summed E-state index contributed by atoms with van der Waals surface area (Å²) < 4.78 is 30.1. The average Bonchev–Trinajstić information content (AvgIpc) is 2.35. The summed E-state index contributed by atoms with van der Waals surface area (Å²) in [6.45, 7) is 14.7. The first-order chi connectivity index (χ1) is 10.4. The van der Waals surface area contributed by atoms with Crippen LogP contribution in [0.3, 0.4) is 0 Å². The van der Waals surface area contributed by atoms with Gasteiger partial charge in [-0.15, -0.1) is 0 Å². The molecule has 0 spiro atoms. The topological polar surface area (TPSA) is 43.4 Å². The third-order valence-electron chi connectivity index (χ3n) is 3.80. The Bertz CT molecular complexity index is 617. The van der Waals surface area contributed by atoms with Crippen molar-refractivity contribution >= 4 is 10.1 Å². The van der Waals surface area contributed by atoms with E-state index in [1.54, 1.807) is 6.07 Å². The third-order valence-corrected chi connectivity index (χ3v) is 5.02. The van der Waals surface area contributed by atoms with E-state index in [4.69, 9.17) is 4.18 Å². The smallest absolute Gasteiger partial charge is 0.309 e. The standard InChI is InChI=1S/C19H32O3S/c1-8-9-10-14-23(20,21)22-16-13-11-12-15(18(2,3)4)17(16)19(5,6)7/h11-13H,8-10,14H2,1-7H3. The minimum atomic E-state index is -3.55. The van der Waals surface area contributed by atoms with Crippen LogP contribution in [-0.4, -0.2) is 14.2 Å². The summed E-state index contributed by atoms with van der Waals surface area (Å²) in [5.74, 6) is 0.547. The van der Waals surface area contributed by atoms with Gasteiger partial charge in [0, 0.05) is 5.56 Å². The number of hydrogen-bond donors (Lipinski definition) is 0. The van der Waals surface area contributed by atoms with E-state index in [0.717, 1.165) is 24.0 Å². The van der Waals surface area contributed by atoms with Crippen LogP contribution in [0.4, 0.5) is 0 Å². The maximum atomic E-state index is 12.3. The van der Waals surface area contributed by atoms with Crippen LogP contribution in [0.15, 0.2) is 18.2 Å². The maximum absolute atomic E-state index is 12.3. The Kier molecular flexibility index (Phi) is 6.31. The number of benzene rings is 1. The number of rotatable bonds is 6. The molecule has 0 unspecified atom stereocenters. The van der Waals surface area contributed by atoms with Gasteiger partial charge in [-0.3, -0.25) is 0 Å². The molecule has 3 nitrogen and oxygen atoms in total. The predicted molar refractivity (Wildman–Crippen MR) is 97.8 cm³/mol. The lowest BCUT2D eigenvalue weighted by Gasteiger charge is -2.31. The second-order valence-electron chi connectivity index (χ2n) is 8.23. The van der Waals surface area contributed by atoms with Crippen molar-refractivity contribution < 1.29 is 12.6 Å². The molecular formula is C19H32O3S. The molecule has 0 aromatic heterocycles. The van der Waals surface area contributed by atoms with E-state index in [0.29, 0.717) is 12.2 Å². The largest absolute Gasteiger partial charge is 0.382 e. The Labute approximate surface area is 142 Å². The minimum Gasteiger partial charge on any atom is -0.382 e. The molecule has 0 amide bonds. The van der Waals surface area contributed by atoms with Crippen molar-refractivity contribution in [1.29, 1.82) is 0 Å². The van der Waals surface area contributed by atoms with Gasteiger partial charge in [-0.1, -0.05) is 73.4 Å². The van der Waals surface area contributed by atoms with E-state index >= 15 is 0 Å². The molecule has 1 aromatic carbocycles. The van der Waals surface area contributed by atoms with Crippen molar-refractivity contribution in [2.75, 3.05) is 5.75 Å². The summed E-state index contributed by atoms with van der Waals surface area (Å²) in [5, 5.41) is 0. The van der Waals surface area contributed by atoms with Crippen LogP contribution in [0.2, 0.25) is 0 Å². The quantitative estimate of drug-likeness (QED) is 0.529. The molecule has 4 heteroatoms. The van der Waals surface area contributed by atoms with Crippen LogP contribution >= 0.6 is 0 Å². The molecule has 1 aromatic rings. The Morgan fingerprint density at radius 2 is 1.57 bits per heavy atom. The lowest BCUT2D eigenvalue weighted by molar-refractivity contribution is 0.458. The van der Waals surface area contributed by atoms with Crippen LogP contribution in [-0.2, 0) is 20.9 Å². The molecule has 0 bridgehead atoms. The molecule has 0 saturated carbocycles. The third kappa shape index (κ3) is 5.83. The summed E-state index contributed by atoms with van der Waals surface area (Å²) in [4.78, 5) is 0. The van der Waals surface area contributed by atoms with Crippen molar-refractivity contribution in [3.63, 3.8) is 0 Å². The van der Waals surface area contributed by atoms with Crippen LogP contribution in [0.1, 0.15) is 78.9 Å². The fraction of sp³-hybridized carbons (Fsp3) is 0.684. The zero-order valence-electron chi connectivity index (χ0n) is 15.7. The second kappa shape index (κ2) is 7.25. The molecular weight excluding hydrogens is 308 g/mol. The number of unbranched alkanes of at least 4 members (excludes halogenated alkanes) is 2. The molecule has 0 saturated heterocycles. The molecule has 132 valence electrons. The average molecular weight is 341 g/mol. The van der Waals surface area contributed by atoms with Crippen LogP contribution in [0.5, 0.6) is 5.75 Å². The van der Waals surface area contributed by atoms with Gasteiger partial charge >= 0.3 is 10.1 Å². The van der Waals surface area contributed by atoms with Crippen LogP contribution < -0.4 is 4.18 Å². The Morgan fingerprint density at radius 3 is 2.04 bits per heavy atom. The Hall–Kier alpha value is -1.03. The van der Waals surface area contributed by atoms with E-state index in [-0.39, 0.29) is 16.6 Å². The monoisotopic (exact) mass is 340 g/mol. The summed E-state index contributed by atoms with van der Waals surface area (Å²) >= 11 is 0. The highest BCUT2D eigenvalue weighted by atomic mass is 32.2. The van der Waals surface area contributed by atoms with Gasteiger partial charge < -0.3 is 4.18 Å². The van der Waals surface area contributed by atoms with Crippen molar-refractivity contribution in [3.05, 3.63) is 29.3 Å². The van der Waals surface area contributed by atoms with E-state index in [1.165, 1.54) is 0 Å². The van der Waals surface area contributed by atoms with Gasteiger partial charge in [0.15, 0.2) is 0 Å². The minimum absolute atomic E-state index is 0.0736. The fourth-order valence-corrected chi connectivity index (χ4v) is 3.76. The lowest BCUT2D eigenvalue weighted by Crippen LogP contribution is -2.24. The highest BCUT2D eigenvalue weighted by molar-refractivity contribution is 7.87. The van der Waals surface area contributed by atoms with Gasteiger partial charge in [0.2, 0.25) is 0 Å². The molecule has 0 fully saturated rings. The number of hydrogen-bond acceptors (Lipinski definition) is 3. The van der Waals surface area contributed by atoms with Crippen LogP contribution in [0, 0.1) is 0 Å². The highest BCUT2D eigenvalue weighted by Gasteiger charge is 2.30. The summed E-state index contributed by atoms with van der Waals surface area (Å²) in [5.41, 5.74) is 1.84. The van der Waals surface area contributed by atoms with E-state index in [1.807, 2.05) is 6.07 Å². The summed E-state index contributed by atoms with van der Waals surface area (Å²) in [6.07, 6.45) is 2.53. The molecule has 0 N–H and O–H groups in total. The van der Waals surface area contributed by atoms with Crippen LogP contribution in [0.25, 0.3) is 0 Å². The second-order valence-corrected chi connectivity index (χ2v) is 9.92. The molecule has 0 aliphatic rings. The highest BCUT2D eigenvalue weighted by Crippen LogP contribution is 2.40. The molecule has 0 radical (unpaired) electrons. The predicted octanol–water partition coefficient (Wildman–Crippen LogP) is 5.18. The fourth-order valence-electron chi connectivity index (χ4n) is 2.71. The molecule has 0 heterocycles. The normalized spacial score (nSPS) is 13.2. The molecule has 0 aliphatic carbocycles. The van der Waals surface area contributed by atoms with Gasteiger partial charge in [0.1, 0.15) is 5.75 Å². The first-order valence-electron chi connectivity index (χ1n) is 8.44. The van der Waals surface area contributed by atoms with Gasteiger partial charge in [0.05, 0.1) is 5.75 Å². The molecule has 0 atom stereocenters. The molecule has 0 aliphatic heterocycles. The first-order valence-corrected chi connectivity index (χ1v) is 10.0. The zero-order valence-corrected chi connectivity index (χ0v) is 16.5. The molecule has 23 heavy (non-hydrogen) atoms. The molecule has 1 rings (SSSR count).